The van der Waals surface area contributed by atoms with E-state index in [2.05, 4.69) is 14.2 Å². The minimum Gasteiger partial charge on any atom is -0.412 e. The van der Waals surface area contributed by atoms with Gasteiger partial charge in [0.25, 0.3) is 0 Å². The van der Waals surface area contributed by atoms with Gasteiger partial charge in [0.15, 0.2) is 12.6 Å². The quantitative estimate of drug-likeness (QED) is 0.261. The number of aliphatic hydroxyl groups excluding tert-OH is 3. The molecule has 0 aromatic heterocycles. The van der Waals surface area contributed by atoms with Gasteiger partial charge in [0.05, 0.1) is 0 Å². The van der Waals surface area contributed by atoms with Crippen LogP contribution in [-0.2, 0) is 19.0 Å². The third kappa shape index (κ3) is 238. The van der Waals surface area contributed by atoms with Crippen molar-refractivity contribution < 1.29 is 83.9 Å². The topological polar surface area (TPSA) is 137 Å². The molecule has 0 aromatic rings. The van der Waals surface area contributed by atoms with E-state index in [0.29, 0.717) is 0 Å². The summed E-state index contributed by atoms with van der Waals surface area (Å²) in [6.45, 7) is 4.83. The summed E-state index contributed by atoms with van der Waals surface area (Å²) in [5.41, 5.74) is 0. The van der Waals surface area contributed by atoms with Gasteiger partial charge in [0.1, 0.15) is 6.29 Å². The van der Waals surface area contributed by atoms with Crippen molar-refractivity contribution in [3.05, 3.63) is 7.43 Å². The molecule has 24 heavy (non-hydrogen) atoms. The summed E-state index contributed by atoms with van der Waals surface area (Å²) in [4.78, 5) is 8.81. The minimum absolute atomic E-state index is 0. The Bertz CT molecular complexity index is 105. The summed E-state index contributed by atoms with van der Waals surface area (Å²) in [7, 11) is 6.66. The van der Waals surface area contributed by atoms with Gasteiger partial charge in [-0.25, -0.2) is 0 Å². The van der Waals surface area contributed by atoms with E-state index < -0.39 is 6.29 Å². The molecule has 5 N–H and O–H groups in total. The Labute approximate surface area is 187 Å². The second-order valence-corrected chi connectivity index (χ2v) is 2.11. The molecule has 1 unspecified atom stereocenters. The van der Waals surface area contributed by atoms with Crippen molar-refractivity contribution in [3.63, 3.8) is 0 Å². The second kappa shape index (κ2) is 107. The third-order valence-corrected chi connectivity index (χ3v) is 1.00. The van der Waals surface area contributed by atoms with Gasteiger partial charge < -0.3 is 39.8 Å². The summed E-state index contributed by atoms with van der Waals surface area (Å²) in [6.07, 6.45) is 0.0694. The molecule has 0 amide bonds. The van der Waals surface area contributed by atoms with E-state index in [-0.39, 0.29) is 85.5 Å². The average Bonchev–Trinajstić information content (AvgIpc) is 2.43. The molecule has 157 valence electrons. The van der Waals surface area contributed by atoms with Crippen LogP contribution in [0, 0.1) is 51.5 Å². The molecule has 0 heterocycles. The maximum absolute atomic E-state index is 8.81. The number of hydrogen-bond acceptors (Lipinski definition) is 7. The average molecular weight is 583 g/mol. The van der Waals surface area contributed by atoms with Gasteiger partial charge in [-0.15, -0.1) is 0 Å². The number of aliphatic hydroxyl groups is 3. The maximum Gasteiger partial charge on any atom is 0.154 e. The number of hydrogen-bond donors (Lipinski definition) is 3. The molecular weight excluding hydrogens is 535 g/mol. The van der Waals surface area contributed by atoms with Gasteiger partial charge in [-0.1, -0.05) is 22.3 Å². The van der Waals surface area contributed by atoms with E-state index >= 15 is 0 Å². The van der Waals surface area contributed by atoms with Crippen molar-refractivity contribution >= 4 is 6.29 Å². The van der Waals surface area contributed by atoms with Crippen LogP contribution in [0.4, 0.5) is 0 Å². The van der Waals surface area contributed by atoms with Gasteiger partial charge in [0.2, 0.25) is 0 Å². The van der Waals surface area contributed by atoms with Gasteiger partial charge >= 0.3 is 0 Å². The van der Waals surface area contributed by atoms with Crippen molar-refractivity contribution in [2.45, 2.75) is 55.6 Å². The van der Waals surface area contributed by atoms with Gasteiger partial charge in [-0.05, 0) is 20.8 Å². The van der Waals surface area contributed by atoms with Gasteiger partial charge in [0, 0.05) is 87.0 Å². The fourth-order valence-corrected chi connectivity index (χ4v) is 0.0962. The van der Waals surface area contributed by atoms with E-state index in [1.807, 2.05) is 6.92 Å². The fourth-order valence-electron chi connectivity index (χ4n) is 0.0962. The Morgan fingerprint density at radius 3 is 0.958 bits per heavy atom. The molecule has 0 saturated carbocycles. The number of carbonyl (C=O) groups is 1. The molecule has 1 radical (unpaired) electrons. The standard InChI is InChI=1S/C4H10O2.C3H8O2.C2H4O.2CH4O.3CH4.CH3.Ac.H2O/c1-4(5-2)6-3;1-3(4)5-2;1-2-3;2*1-2;;;;;;/h4H,1-3H3;3-4H,1-2H3;2H,1H3;2*2H,1H3;3*1H4;1H3;;1H2/q;;;;;;;;+1;;. The van der Waals surface area contributed by atoms with Crippen LogP contribution in [0.5, 0.6) is 0 Å². The summed E-state index contributed by atoms with van der Waals surface area (Å²) in [5, 5.41) is 22.1. The Morgan fingerprint density at radius 2 is 0.958 bits per heavy atom. The molecule has 0 aliphatic carbocycles. The smallest absolute Gasteiger partial charge is 0.154 e. The van der Waals surface area contributed by atoms with E-state index in [4.69, 9.17) is 20.1 Å². The molecule has 0 aromatic carbocycles. The Balaban J connectivity index is -0.00000000974. The second-order valence-electron chi connectivity index (χ2n) is 2.11. The Hall–Kier alpha value is 0.702. The van der Waals surface area contributed by atoms with Crippen LogP contribution in [0.15, 0.2) is 0 Å². The largest absolute Gasteiger partial charge is 0.412 e. The van der Waals surface area contributed by atoms with Crippen LogP contribution in [0.2, 0.25) is 0 Å². The number of methoxy groups -OCH3 is 3. The van der Waals surface area contributed by atoms with Crippen LogP contribution in [0.25, 0.3) is 0 Å². The number of rotatable bonds is 3. The molecule has 9 heteroatoms. The number of aldehydes is 1. The molecule has 0 bridgehead atoms. The molecule has 0 spiro atoms. The van der Waals surface area contributed by atoms with Crippen LogP contribution >= 0.6 is 0 Å². The number of ether oxygens (including phenoxy) is 3. The molecule has 0 aliphatic rings. The third-order valence-electron chi connectivity index (χ3n) is 1.00. The van der Waals surface area contributed by atoms with Crippen molar-refractivity contribution in [1.29, 1.82) is 0 Å². The SMILES string of the molecule is C.C.C.CC=O.CO.CO.COC(C)O.COC(C)OC.O.[Ac].[CH3+]. The molecular formula is C15H47AcO8+. The zero-order chi connectivity index (χ0) is 16.0. The molecule has 8 nitrogen and oxygen atoms in total. The zero-order valence-corrected chi connectivity index (χ0v) is 19.5. The summed E-state index contributed by atoms with van der Waals surface area (Å²) >= 11 is 0. The van der Waals surface area contributed by atoms with Gasteiger partial charge in [-0.3, -0.25) is 0 Å². The Kier molecular flexibility index (Phi) is 328. The van der Waals surface area contributed by atoms with E-state index in [9.17, 15) is 0 Å². The van der Waals surface area contributed by atoms with Crippen molar-refractivity contribution in [1.82, 2.24) is 0 Å². The predicted octanol–water partition coefficient (Wildman–Crippen LogP) is 1.55. The van der Waals surface area contributed by atoms with Crippen molar-refractivity contribution in [3.8, 4) is 0 Å². The molecule has 1 atom stereocenters. The first-order valence-corrected chi connectivity index (χ1v) is 5.05. The first-order valence-electron chi connectivity index (χ1n) is 5.05. The van der Waals surface area contributed by atoms with Crippen LogP contribution in [-0.4, -0.2) is 75.2 Å². The molecule has 0 rings (SSSR count). The first kappa shape index (κ1) is 73.9. The monoisotopic (exact) mass is 582 g/mol. The predicted molar refractivity (Wildman–Crippen MR) is 100 cm³/mol. The Morgan fingerprint density at radius 1 is 0.833 bits per heavy atom. The summed E-state index contributed by atoms with van der Waals surface area (Å²) in [5.74, 6) is 0. The fraction of sp³-hybridized carbons (Fsp3) is 0.867. The zero-order valence-electron chi connectivity index (χ0n) is 14.8. The molecule has 0 saturated heterocycles. The van der Waals surface area contributed by atoms with E-state index in [1.54, 1.807) is 21.1 Å². The minimum atomic E-state index is -0.616. The van der Waals surface area contributed by atoms with Crippen LogP contribution < -0.4 is 0 Å². The summed E-state index contributed by atoms with van der Waals surface area (Å²) < 4.78 is 13.7. The van der Waals surface area contributed by atoms with Gasteiger partial charge in [-0.2, -0.15) is 0 Å². The van der Waals surface area contributed by atoms with Crippen LogP contribution in [0.3, 0.4) is 0 Å². The molecule has 0 aliphatic heterocycles. The first-order chi connectivity index (χ1) is 8.49. The van der Waals surface area contributed by atoms with E-state index in [1.165, 1.54) is 14.0 Å². The van der Waals surface area contributed by atoms with Crippen molar-refractivity contribution in [2.24, 2.45) is 0 Å². The maximum atomic E-state index is 8.81. The summed E-state index contributed by atoms with van der Waals surface area (Å²) in [6, 6.07) is 0. The number of carbonyl (C=O) groups excluding carboxylic acids is 1. The normalized spacial score (nSPS) is 6.67. The van der Waals surface area contributed by atoms with Crippen LogP contribution in [0.1, 0.15) is 43.1 Å². The van der Waals surface area contributed by atoms with E-state index in [0.717, 1.165) is 20.5 Å². The molecule has 0 fully saturated rings. The van der Waals surface area contributed by atoms with Crippen molar-refractivity contribution in [2.75, 3.05) is 35.5 Å².